The van der Waals surface area contributed by atoms with Crippen molar-refractivity contribution >= 4 is 11.3 Å². The van der Waals surface area contributed by atoms with Crippen molar-refractivity contribution in [1.29, 1.82) is 0 Å². The quantitative estimate of drug-likeness (QED) is 0.774. The molecule has 1 fully saturated rings. The zero-order chi connectivity index (χ0) is 17.7. The Morgan fingerprint density at radius 1 is 1.28 bits per heavy atom. The van der Waals surface area contributed by atoms with E-state index in [4.69, 9.17) is 4.98 Å². The SMILES string of the molecule is CCCNC1(c2nc(C(C)C)cs2)CCCN(Cc2ccccc2)C1. The Balaban J connectivity index is 1.81. The zero-order valence-corrected chi connectivity index (χ0v) is 16.6. The van der Waals surface area contributed by atoms with Crippen molar-refractivity contribution in [3.63, 3.8) is 0 Å². The maximum Gasteiger partial charge on any atom is 0.114 e. The maximum atomic E-state index is 5.03. The summed E-state index contributed by atoms with van der Waals surface area (Å²) in [7, 11) is 0. The molecule has 1 aliphatic heterocycles. The Bertz CT molecular complexity index is 652. The Kier molecular flexibility index (Phi) is 6.26. The maximum absolute atomic E-state index is 5.03. The molecule has 1 aromatic heterocycles. The molecule has 2 heterocycles. The second kappa shape index (κ2) is 8.43. The molecule has 1 aliphatic rings. The van der Waals surface area contributed by atoms with Gasteiger partial charge in [-0.1, -0.05) is 51.1 Å². The lowest BCUT2D eigenvalue weighted by Gasteiger charge is -2.42. The summed E-state index contributed by atoms with van der Waals surface area (Å²) in [6.45, 7) is 11.0. The monoisotopic (exact) mass is 357 g/mol. The minimum Gasteiger partial charge on any atom is -0.304 e. The topological polar surface area (TPSA) is 28.2 Å². The average molecular weight is 358 g/mol. The van der Waals surface area contributed by atoms with Crippen LogP contribution in [0.1, 0.15) is 62.2 Å². The summed E-state index contributed by atoms with van der Waals surface area (Å²) in [5.41, 5.74) is 2.65. The van der Waals surface area contributed by atoms with Gasteiger partial charge in [0, 0.05) is 18.5 Å². The van der Waals surface area contributed by atoms with E-state index in [-0.39, 0.29) is 5.54 Å². The van der Waals surface area contributed by atoms with Gasteiger partial charge in [-0.15, -0.1) is 11.3 Å². The molecule has 136 valence electrons. The second-order valence-corrected chi connectivity index (χ2v) is 8.40. The van der Waals surface area contributed by atoms with Gasteiger partial charge in [0.15, 0.2) is 0 Å². The molecule has 1 unspecified atom stereocenters. The van der Waals surface area contributed by atoms with Crippen LogP contribution in [0.25, 0.3) is 0 Å². The fraction of sp³-hybridized carbons (Fsp3) is 0.571. The molecule has 0 amide bonds. The molecule has 2 aromatic rings. The standard InChI is InChI=1S/C21H31N3S/c1-4-12-22-21(20-23-19(15-25-20)17(2)3)11-8-13-24(16-21)14-18-9-6-5-7-10-18/h5-7,9-10,15,17,22H,4,8,11-14,16H2,1-3H3. The number of aromatic nitrogens is 1. The predicted molar refractivity (Wildman–Crippen MR) is 107 cm³/mol. The molecule has 1 saturated heterocycles. The van der Waals surface area contributed by atoms with E-state index in [0.717, 1.165) is 26.1 Å². The highest BCUT2D eigenvalue weighted by Gasteiger charge is 2.39. The second-order valence-electron chi connectivity index (χ2n) is 7.54. The number of thiazole rings is 1. The lowest BCUT2D eigenvalue weighted by molar-refractivity contribution is 0.114. The summed E-state index contributed by atoms with van der Waals surface area (Å²) in [4.78, 5) is 7.62. The molecule has 0 bridgehead atoms. The molecule has 0 radical (unpaired) electrons. The third kappa shape index (κ3) is 4.49. The first-order chi connectivity index (χ1) is 12.1. The van der Waals surface area contributed by atoms with Gasteiger partial charge in [0.1, 0.15) is 5.01 Å². The highest BCUT2D eigenvalue weighted by atomic mass is 32.1. The zero-order valence-electron chi connectivity index (χ0n) is 15.8. The summed E-state index contributed by atoms with van der Waals surface area (Å²) < 4.78 is 0. The first-order valence-electron chi connectivity index (χ1n) is 9.60. The van der Waals surface area contributed by atoms with E-state index in [0.29, 0.717) is 5.92 Å². The minimum atomic E-state index is 0.0147. The van der Waals surface area contributed by atoms with E-state index in [2.05, 4.69) is 66.7 Å². The van der Waals surface area contributed by atoms with Crippen LogP contribution in [0.15, 0.2) is 35.7 Å². The van der Waals surface area contributed by atoms with E-state index in [1.807, 2.05) is 11.3 Å². The molecule has 25 heavy (non-hydrogen) atoms. The predicted octanol–water partition coefficient (Wildman–Crippen LogP) is 4.76. The fourth-order valence-corrected chi connectivity index (χ4v) is 4.83. The van der Waals surface area contributed by atoms with E-state index in [1.165, 1.54) is 35.7 Å². The molecular weight excluding hydrogens is 326 g/mol. The van der Waals surface area contributed by atoms with Crippen molar-refractivity contribution < 1.29 is 0 Å². The first kappa shape index (κ1) is 18.6. The van der Waals surface area contributed by atoms with Crippen LogP contribution < -0.4 is 5.32 Å². The van der Waals surface area contributed by atoms with Gasteiger partial charge in [-0.25, -0.2) is 4.98 Å². The lowest BCUT2D eigenvalue weighted by atomic mass is 9.88. The molecule has 3 nitrogen and oxygen atoms in total. The molecule has 1 atom stereocenters. The van der Waals surface area contributed by atoms with Crippen LogP contribution >= 0.6 is 11.3 Å². The fourth-order valence-electron chi connectivity index (χ4n) is 3.65. The molecule has 1 N–H and O–H groups in total. The third-order valence-corrected chi connectivity index (χ3v) is 6.12. The molecule has 3 rings (SSSR count). The van der Waals surface area contributed by atoms with Crippen molar-refractivity contribution in [1.82, 2.24) is 15.2 Å². The lowest BCUT2D eigenvalue weighted by Crippen LogP contribution is -2.54. The van der Waals surface area contributed by atoms with Crippen molar-refractivity contribution in [3.8, 4) is 0 Å². The minimum absolute atomic E-state index is 0.0147. The molecule has 0 saturated carbocycles. The summed E-state index contributed by atoms with van der Waals surface area (Å²) in [5.74, 6) is 0.497. The van der Waals surface area contributed by atoms with Gasteiger partial charge in [0.05, 0.1) is 11.2 Å². The Labute approximate surface area is 156 Å². The molecule has 0 aliphatic carbocycles. The first-order valence-corrected chi connectivity index (χ1v) is 10.5. The molecule has 4 heteroatoms. The Morgan fingerprint density at radius 2 is 2.08 bits per heavy atom. The Morgan fingerprint density at radius 3 is 2.76 bits per heavy atom. The molecule has 1 aromatic carbocycles. The highest BCUT2D eigenvalue weighted by molar-refractivity contribution is 7.09. The highest BCUT2D eigenvalue weighted by Crippen LogP contribution is 2.35. The number of rotatable bonds is 7. The van der Waals surface area contributed by atoms with Crippen molar-refractivity contribution in [3.05, 3.63) is 52.0 Å². The van der Waals surface area contributed by atoms with Crippen LogP contribution in [-0.4, -0.2) is 29.5 Å². The number of benzene rings is 1. The number of nitrogens with one attached hydrogen (secondary N) is 1. The van der Waals surface area contributed by atoms with Crippen LogP contribution in [-0.2, 0) is 12.1 Å². The van der Waals surface area contributed by atoms with Crippen LogP contribution in [0.5, 0.6) is 0 Å². The van der Waals surface area contributed by atoms with Gasteiger partial charge in [0.2, 0.25) is 0 Å². The van der Waals surface area contributed by atoms with Crippen LogP contribution in [0, 0.1) is 0 Å². The summed E-state index contributed by atoms with van der Waals surface area (Å²) in [5, 5.41) is 7.41. The number of likely N-dealkylation sites (tertiary alicyclic amines) is 1. The number of hydrogen-bond donors (Lipinski definition) is 1. The van der Waals surface area contributed by atoms with Crippen LogP contribution in [0.3, 0.4) is 0 Å². The van der Waals surface area contributed by atoms with Gasteiger partial charge >= 0.3 is 0 Å². The summed E-state index contributed by atoms with van der Waals surface area (Å²) >= 11 is 1.84. The Hall–Kier alpha value is -1.23. The number of hydrogen-bond acceptors (Lipinski definition) is 4. The smallest absolute Gasteiger partial charge is 0.114 e. The summed E-state index contributed by atoms with van der Waals surface area (Å²) in [6, 6.07) is 10.8. The third-order valence-electron chi connectivity index (χ3n) is 5.06. The number of piperidine rings is 1. The van der Waals surface area contributed by atoms with Crippen molar-refractivity contribution in [2.24, 2.45) is 0 Å². The van der Waals surface area contributed by atoms with E-state index >= 15 is 0 Å². The van der Waals surface area contributed by atoms with Gasteiger partial charge in [-0.3, -0.25) is 4.90 Å². The van der Waals surface area contributed by atoms with Gasteiger partial charge in [-0.2, -0.15) is 0 Å². The number of nitrogens with zero attached hydrogens (tertiary/aromatic N) is 2. The average Bonchev–Trinajstić information content (AvgIpc) is 3.12. The van der Waals surface area contributed by atoms with E-state index in [9.17, 15) is 0 Å². The van der Waals surface area contributed by atoms with Gasteiger partial charge in [-0.05, 0) is 43.8 Å². The normalized spacial score (nSPS) is 21.8. The van der Waals surface area contributed by atoms with Gasteiger partial charge in [0.25, 0.3) is 0 Å². The van der Waals surface area contributed by atoms with Crippen molar-refractivity contribution in [2.45, 2.75) is 58.0 Å². The van der Waals surface area contributed by atoms with Crippen LogP contribution in [0.2, 0.25) is 0 Å². The van der Waals surface area contributed by atoms with Crippen molar-refractivity contribution in [2.75, 3.05) is 19.6 Å². The summed E-state index contributed by atoms with van der Waals surface area (Å²) in [6.07, 6.45) is 3.56. The van der Waals surface area contributed by atoms with E-state index < -0.39 is 0 Å². The molecule has 0 spiro atoms. The molecular formula is C21H31N3S. The van der Waals surface area contributed by atoms with Gasteiger partial charge < -0.3 is 5.32 Å². The van der Waals surface area contributed by atoms with E-state index in [1.54, 1.807) is 0 Å². The largest absolute Gasteiger partial charge is 0.304 e. The van der Waals surface area contributed by atoms with Crippen LogP contribution in [0.4, 0.5) is 0 Å².